The summed E-state index contributed by atoms with van der Waals surface area (Å²) in [6.45, 7) is 8.14. The summed E-state index contributed by atoms with van der Waals surface area (Å²) in [5.74, 6) is 2.04. The van der Waals surface area contributed by atoms with Crippen molar-refractivity contribution in [1.29, 1.82) is 0 Å². The number of benzene rings is 1. The van der Waals surface area contributed by atoms with Crippen LogP contribution in [0.2, 0.25) is 0 Å². The minimum absolute atomic E-state index is 0.524. The van der Waals surface area contributed by atoms with E-state index in [9.17, 15) is 0 Å². The fraction of sp³-hybridized carbons (Fsp3) is 0.524. The second-order valence-corrected chi connectivity index (χ2v) is 7.26. The van der Waals surface area contributed by atoms with E-state index in [-0.39, 0.29) is 0 Å². The van der Waals surface area contributed by atoms with Crippen LogP contribution in [0.3, 0.4) is 0 Å². The van der Waals surface area contributed by atoms with Crippen molar-refractivity contribution < 1.29 is 4.74 Å². The molecule has 0 bridgehead atoms. The highest BCUT2D eigenvalue weighted by Gasteiger charge is 2.26. The fourth-order valence-electron chi connectivity index (χ4n) is 3.76. The molecular formula is C21H30N4O. The van der Waals surface area contributed by atoms with Crippen molar-refractivity contribution in [3.63, 3.8) is 0 Å². The van der Waals surface area contributed by atoms with E-state index in [2.05, 4.69) is 65.2 Å². The summed E-state index contributed by atoms with van der Waals surface area (Å²) in [7, 11) is 2.20. The fourth-order valence-corrected chi connectivity index (χ4v) is 3.76. The van der Waals surface area contributed by atoms with Gasteiger partial charge >= 0.3 is 0 Å². The minimum atomic E-state index is 0.524. The Kier molecular flexibility index (Phi) is 6.45. The lowest BCUT2D eigenvalue weighted by Gasteiger charge is -2.29. The predicted molar refractivity (Wildman–Crippen MR) is 106 cm³/mol. The Morgan fingerprint density at radius 2 is 2.00 bits per heavy atom. The molecule has 1 saturated heterocycles. The first kappa shape index (κ1) is 18.6. The number of anilines is 1. The molecule has 5 heteroatoms. The first-order valence-corrected chi connectivity index (χ1v) is 9.57. The van der Waals surface area contributed by atoms with E-state index in [1.54, 1.807) is 6.20 Å². The van der Waals surface area contributed by atoms with Crippen molar-refractivity contribution in [3.8, 4) is 5.75 Å². The quantitative estimate of drug-likeness (QED) is 0.679. The summed E-state index contributed by atoms with van der Waals surface area (Å²) in [6.07, 6.45) is 5.21. The van der Waals surface area contributed by atoms with Crippen LogP contribution in [0.15, 0.2) is 36.5 Å². The zero-order chi connectivity index (χ0) is 18.4. The molecule has 0 N–H and O–H groups in total. The molecule has 26 heavy (non-hydrogen) atoms. The monoisotopic (exact) mass is 354 g/mol. The predicted octanol–water partition coefficient (Wildman–Crippen LogP) is 3.46. The maximum absolute atomic E-state index is 6.02. The average Bonchev–Trinajstić information content (AvgIpc) is 3.09. The van der Waals surface area contributed by atoms with Crippen molar-refractivity contribution in [2.45, 2.75) is 39.2 Å². The first-order chi connectivity index (χ1) is 12.6. The second kappa shape index (κ2) is 8.99. The van der Waals surface area contributed by atoms with Gasteiger partial charge in [-0.1, -0.05) is 18.2 Å². The molecule has 1 fully saturated rings. The molecule has 1 unspecified atom stereocenters. The molecule has 0 spiro atoms. The van der Waals surface area contributed by atoms with Gasteiger partial charge in [0.1, 0.15) is 5.75 Å². The van der Waals surface area contributed by atoms with E-state index in [0.29, 0.717) is 6.04 Å². The van der Waals surface area contributed by atoms with E-state index in [4.69, 9.17) is 4.74 Å². The van der Waals surface area contributed by atoms with E-state index >= 15 is 0 Å². The van der Waals surface area contributed by atoms with Crippen molar-refractivity contribution >= 4 is 5.82 Å². The van der Waals surface area contributed by atoms with Crippen molar-refractivity contribution in [3.05, 3.63) is 47.7 Å². The highest BCUT2D eigenvalue weighted by Crippen LogP contribution is 2.24. The molecule has 1 aliphatic heterocycles. The number of nitrogens with zero attached hydrogens (tertiary/aromatic N) is 4. The Hall–Kier alpha value is -2.14. The van der Waals surface area contributed by atoms with Crippen LogP contribution in [0.25, 0.3) is 0 Å². The molecule has 3 rings (SSSR count). The van der Waals surface area contributed by atoms with Crippen molar-refractivity contribution in [2.75, 3.05) is 38.2 Å². The standard InChI is InChI=1S/C21H30N4O/c1-17-8-4-9-18(2)21(17)26-15-7-13-24(3)16-19-10-6-14-25(19)20-11-5-12-22-23-20/h4-5,8-9,11-12,19H,6-7,10,13-16H2,1-3H3. The lowest BCUT2D eigenvalue weighted by Crippen LogP contribution is -2.39. The number of rotatable bonds is 8. The summed E-state index contributed by atoms with van der Waals surface area (Å²) in [5, 5.41) is 8.31. The summed E-state index contributed by atoms with van der Waals surface area (Å²) < 4.78 is 6.02. The average molecular weight is 354 g/mol. The van der Waals surface area contributed by atoms with Gasteiger partial charge < -0.3 is 14.5 Å². The minimum Gasteiger partial charge on any atom is -0.493 e. The number of hydrogen-bond donors (Lipinski definition) is 0. The van der Waals surface area contributed by atoms with Crippen LogP contribution < -0.4 is 9.64 Å². The van der Waals surface area contributed by atoms with Gasteiger partial charge in [0.2, 0.25) is 0 Å². The number of aryl methyl sites for hydroxylation is 2. The SMILES string of the molecule is Cc1cccc(C)c1OCCCN(C)CC1CCCN1c1cccnn1. The van der Waals surface area contributed by atoms with Gasteiger partial charge in [0.05, 0.1) is 6.61 Å². The van der Waals surface area contributed by atoms with Crippen LogP contribution in [0.4, 0.5) is 5.82 Å². The zero-order valence-electron chi connectivity index (χ0n) is 16.2. The van der Waals surface area contributed by atoms with E-state index < -0.39 is 0 Å². The number of likely N-dealkylation sites (N-methyl/N-ethyl adjacent to an activating group) is 1. The highest BCUT2D eigenvalue weighted by molar-refractivity contribution is 5.40. The highest BCUT2D eigenvalue weighted by atomic mass is 16.5. The Labute approximate surface area is 157 Å². The lowest BCUT2D eigenvalue weighted by molar-refractivity contribution is 0.253. The number of para-hydroxylation sites is 1. The lowest BCUT2D eigenvalue weighted by atomic mass is 10.1. The third kappa shape index (κ3) is 4.73. The van der Waals surface area contributed by atoms with Gasteiger partial charge in [0.15, 0.2) is 5.82 Å². The summed E-state index contributed by atoms with van der Waals surface area (Å²) in [6, 6.07) is 10.8. The molecule has 0 amide bonds. The van der Waals surface area contributed by atoms with Crippen molar-refractivity contribution in [2.24, 2.45) is 0 Å². The Balaban J connectivity index is 1.43. The molecule has 1 atom stereocenters. The molecule has 1 aromatic heterocycles. The zero-order valence-corrected chi connectivity index (χ0v) is 16.2. The molecule has 0 aliphatic carbocycles. The molecule has 2 heterocycles. The largest absolute Gasteiger partial charge is 0.493 e. The van der Waals surface area contributed by atoms with Crippen molar-refractivity contribution in [1.82, 2.24) is 15.1 Å². The van der Waals surface area contributed by atoms with Gasteiger partial charge in [-0.25, -0.2) is 0 Å². The van der Waals surface area contributed by atoms with Crippen LogP contribution in [0.1, 0.15) is 30.4 Å². The van der Waals surface area contributed by atoms with Gasteiger partial charge in [-0.05, 0) is 63.4 Å². The molecular weight excluding hydrogens is 324 g/mol. The van der Waals surface area contributed by atoms with Gasteiger partial charge in [0.25, 0.3) is 0 Å². The first-order valence-electron chi connectivity index (χ1n) is 9.57. The number of ether oxygens (including phenoxy) is 1. The number of aromatic nitrogens is 2. The van der Waals surface area contributed by atoms with Crippen LogP contribution in [-0.2, 0) is 0 Å². The molecule has 140 valence electrons. The van der Waals surface area contributed by atoms with Gasteiger partial charge in [-0.3, -0.25) is 0 Å². The van der Waals surface area contributed by atoms with Crippen LogP contribution in [0, 0.1) is 13.8 Å². The molecule has 1 aromatic carbocycles. The summed E-state index contributed by atoms with van der Waals surface area (Å²) >= 11 is 0. The smallest absolute Gasteiger partial charge is 0.151 e. The van der Waals surface area contributed by atoms with Crippen LogP contribution in [-0.4, -0.2) is 54.4 Å². The maximum atomic E-state index is 6.02. The Morgan fingerprint density at radius 1 is 1.19 bits per heavy atom. The van der Waals surface area contributed by atoms with Gasteiger partial charge in [-0.2, -0.15) is 5.10 Å². The van der Waals surface area contributed by atoms with Crippen LogP contribution in [0.5, 0.6) is 5.75 Å². The third-order valence-electron chi connectivity index (χ3n) is 5.09. The molecule has 0 saturated carbocycles. The second-order valence-electron chi connectivity index (χ2n) is 7.26. The molecule has 1 aliphatic rings. The summed E-state index contributed by atoms with van der Waals surface area (Å²) in [5.41, 5.74) is 2.42. The van der Waals surface area contributed by atoms with E-state index in [1.165, 1.54) is 24.0 Å². The van der Waals surface area contributed by atoms with Gasteiger partial charge in [-0.15, -0.1) is 5.10 Å². The summed E-state index contributed by atoms with van der Waals surface area (Å²) in [4.78, 5) is 4.81. The third-order valence-corrected chi connectivity index (χ3v) is 5.09. The maximum Gasteiger partial charge on any atom is 0.151 e. The normalized spacial score (nSPS) is 17.1. The van der Waals surface area contributed by atoms with E-state index in [1.807, 2.05) is 6.07 Å². The Bertz CT molecular complexity index is 671. The Morgan fingerprint density at radius 3 is 2.73 bits per heavy atom. The van der Waals surface area contributed by atoms with E-state index in [0.717, 1.165) is 44.2 Å². The van der Waals surface area contributed by atoms with Crippen LogP contribution >= 0.6 is 0 Å². The number of hydrogen-bond acceptors (Lipinski definition) is 5. The molecule has 5 nitrogen and oxygen atoms in total. The topological polar surface area (TPSA) is 41.5 Å². The van der Waals surface area contributed by atoms with Gasteiger partial charge in [0, 0.05) is 31.9 Å². The molecule has 0 radical (unpaired) electrons. The molecule has 2 aromatic rings.